The molecule has 0 saturated heterocycles. The second-order valence-corrected chi connectivity index (χ2v) is 5.25. The fraction of sp³-hybridized carbons (Fsp3) is 0.933. The SMILES string of the molecule is CCCC(C)NC(=O)C(C)NCCCN(CC)CC. The number of amides is 1. The molecule has 0 aromatic rings. The van der Waals surface area contributed by atoms with E-state index in [9.17, 15) is 4.79 Å². The van der Waals surface area contributed by atoms with Crippen molar-refractivity contribution in [1.82, 2.24) is 15.5 Å². The Bertz CT molecular complexity index is 229. The second-order valence-electron chi connectivity index (χ2n) is 5.25. The van der Waals surface area contributed by atoms with Gasteiger partial charge in [-0.05, 0) is 52.9 Å². The summed E-state index contributed by atoms with van der Waals surface area (Å²) in [5.74, 6) is 0.115. The average Bonchev–Trinajstić information content (AvgIpc) is 2.38. The summed E-state index contributed by atoms with van der Waals surface area (Å²) >= 11 is 0. The van der Waals surface area contributed by atoms with Crippen LogP contribution in [-0.2, 0) is 4.79 Å². The van der Waals surface area contributed by atoms with Crippen LogP contribution in [0.2, 0.25) is 0 Å². The summed E-state index contributed by atoms with van der Waals surface area (Å²) in [6.07, 6.45) is 3.23. The van der Waals surface area contributed by atoms with Crippen molar-refractivity contribution in [2.45, 2.75) is 66.0 Å². The molecule has 0 fully saturated rings. The Labute approximate surface area is 119 Å². The van der Waals surface area contributed by atoms with E-state index in [2.05, 4.69) is 43.2 Å². The molecule has 19 heavy (non-hydrogen) atoms. The Morgan fingerprint density at radius 2 is 1.79 bits per heavy atom. The van der Waals surface area contributed by atoms with Crippen molar-refractivity contribution in [2.75, 3.05) is 26.2 Å². The molecule has 2 atom stereocenters. The van der Waals surface area contributed by atoms with Crippen LogP contribution in [0.4, 0.5) is 0 Å². The zero-order valence-corrected chi connectivity index (χ0v) is 13.5. The number of rotatable bonds is 11. The summed E-state index contributed by atoms with van der Waals surface area (Å²) in [6.45, 7) is 14.7. The molecule has 0 saturated carbocycles. The molecule has 0 aliphatic heterocycles. The van der Waals surface area contributed by atoms with Crippen LogP contribution >= 0.6 is 0 Å². The molecule has 0 heterocycles. The molecule has 4 nitrogen and oxygen atoms in total. The van der Waals surface area contributed by atoms with Gasteiger partial charge in [-0.1, -0.05) is 27.2 Å². The highest BCUT2D eigenvalue weighted by molar-refractivity contribution is 5.81. The lowest BCUT2D eigenvalue weighted by atomic mass is 10.2. The minimum Gasteiger partial charge on any atom is -0.352 e. The van der Waals surface area contributed by atoms with Crippen LogP contribution in [0.1, 0.15) is 53.9 Å². The molecule has 0 aliphatic rings. The highest BCUT2D eigenvalue weighted by Gasteiger charge is 2.13. The standard InChI is InChI=1S/C15H33N3O/c1-6-10-13(4)17-15(19)14(5)16-11-9-12-18(7-2)8-3/h13-14,16H,6-12H2,1-5H3,(H,17,19). The van der Waals surface area contributed by atoms with E-state index in [1.54, 1.807) is 0 Å². The molecule has 1 amide bonds. The van der Waals surface area contributed by atoms with E-state index >= 15 is 0 Å². The van der Waals surface area contributed by atoms with Crippen molar-refractivity contribution >= 4 is 5.91 Å². The summed E-state index contributed by atoms with van der Waals surface area (Å²) in [5, 5.41) is 6.34. The molecule has 0 bridgehead atoms. The zero-order chi connectivity index (χ0) is 14.7. The van der Waals surface area contributed by atoms with Crippen LogP contribution in [0.25, 0.3) is 0 Å². The third-order valence-corrected chi connectivity index (χ3v) is 3.50. The second kappa shape index (κ2) is 11.2. The average molecular weight is 271 g/mol. The van der Waals surface area contributed by atoms with Crippen molar-refractivity contribution < 1.29 is 4.79 Å². The van der Waals surface area contributed by atoms with Gasteiger partial charge >= 0.3 is 0 Å². The van der Waals surface area contributed by atoms with Crippen molar-refractivity contribution in [3.05, 3.63) is 0 Å². The lowest BCUT2D eigenvalue weighted by Gasteiger charge is -2.20. The van der Waals surface area contributed by atoms with Crippen LogP contribution in [0.5, 0.6) is 0 Å². The molecule has 0 aliphatic carbocycles. The van der Waals surface area contributed by atoms with Crippen LogP contribution in [0, 0.1) is 0 Å². The highest BCUT2D eigenvalue weighted by Crippen LogP contribution is 1.96. The van der Waals surface area contributed by atoms with Gasteiger partial charge in [-0.3, -0.25) is 4.79 Å². The summed E-state index contributed by atoms with van der Waals surface area (Å²) in [7, 11) is 0. The van der Waals surface area contributed by atoms with E-state index in [1.807, 2.05) is 6.92 Å². The first kappa shape index (κ1) is 18.4. The van der Waals surface area contributed by atoms with E-state index in [-0.39, 0.29) is 18.0 Å². The Morgan fingerprint density at radius 1 is 1.16 bits per heavy atom. The Balaban J connectivity index is 3.73. The molecule has 0 rings (SSSR count). The van der Waals surface area contributed by atoms with Gasteiger partial charge in [-0.25, -0.2) is 0 Å². The smallest absolute Gasteiger partial charge is 0.237 e. The Kier molecular flexibility index (Phi) is 10.9. The number of carbonyl (C=O) groups is 1. The van der Waals surface area contributed by atoms with Crippen molar-refractivity contribution in [3.63, 3.8) is 0 Å². The minimum atomic E-state index is -0.101. The molecular formula is C15H33N3O. The first-order chi connectivity index (χ1) is 9.04. The number of hydrogen-bond acceptors (Lipinski definition) is 3. The molecular weight excluding hydrogens is 238 g/mol. The van der Waals surface area contributed by atoms with Gasteiger partial charge in [-0.15, -0.1) is 0 Å². The molecule has 2 N–H and O–H groups in total. The molecule has 4 heteroatoms. The van der Waals surface area contributed by atoms with Crippen molar-refractivity contribution in [2.24, 2.45) is 0 Å². The first-order valence-corrected chi connectivity index (χ1v) is 7.81. The fourth-order valence-electron chi connectivity index (χ4n) is 2.13. The molecule has 114 valence electrons. The maximum absolute atomic E-state index is 11.9. The number of nitrogens with zero attached hydrogens (tertiary/aromatic N) is 1. The van der Waals surface area contributed by atoms with E-state index in [4.69, 9.17) is 0 Å². The lowest BCUT2D eigenvalue weighted by Crippen LogP contribution is -2.46. The number of hydrogen-bond donors (Lipinski definition) is 2. The third-order valence-electron chi connectivity index (χ3n) is 3.50. The largest absolute Gasteiger partial charge is 0.352 e. The first-order valence-electron chi connectivity index (χ1n) is 7.81. The van der Waals surface area contributed by atoms with E-state index in [1.165, 1.54) is 0 Å². The molecule has 0 aromatic carbocycles. The van der Waals surface area contributed by atoms with E-state index < -0.39 is 0 Å². The van der Waals surface area contributed by atoms with Gasteiger partial charge in [0.2, 0.25) is 5.91 Å². The van der Waals surface area contributed by atoms with Crippen LogP contribution in [-0.4, -0.2) is 49.1 Å². The normalized spacial score (nSPS) is 14.4. The Hall–Kier alpha value is -0.610. The maximum atomic E-state index is 11.9. The van der Waals surface area contributed by atoms with Crippen LogP contribution in [0.15, 0.2) is 0 Å². The molecule has 0 radical (unpaired) electrons. The van der Waals surface area contributed by atoms with Gasteiger partial charge < -0.3 is 15.5 Å². The topological polar surface area (TPSA) is 44.4 Å². The van der Waals surface area contributed by atoms with Gasteiger partial charge in [-0.2, -0.15) is 0 Å². The third kappa shape index (κ3) is 9.00. The van der Waals surface area contributed by atoms with Crippen LogP contribution < -0.4 is 10.6 Å². The highest BCUT2D eigenvalue weighted by atomic mass is 16.2. The van der Waals surface area contributed by atoms with E-state index in [0.717, 1.165) is 45.4 Å². The van der Waals surface area contributed by atoms with Gasteiger partial charge in [0.25, 0.3) is 0 Å². The summed E-state index contributed by atoms with van der Waals surface area (Å²) in [4.78, 5) is 14.3. The molecule has 0 spiro atoms. The number of nitrogens with one attached hydrogen (secondary N) is 2. The fourth-order valence-corrected chi connectivity index (χ4v) is 2.13. The van der Waals surface area contributed by atoms with Crippen LogP contribution in [0.3, 0.4) is 0 Å². The Morgan fingerprint density at radius 3 is 2.32 bits per heavy atom. The maximum Gasteiger partial charge on any atom is 0.237 e. The predicted molar refractivity (Wildman–Crippen MR) is 82.4 cm³/mol. The van der Waals surface area contributed by atoms with Gasteiger partial charge in [0.05, 0.1) is 6.04 Å². The molecule has 0 aromatic heterocycles. The molecule has 2 unspecified atom stereocenters. The van der Waals surface area contributed by atoms with Gasteiger partial charge in [0.15, 0.2) is 0 Å². The number of carbonyl (C=O) groups excluding carboxylic acids is 1. The van der Waals surface area contributed by atoms with Crippen molar-refractivity contribution in [3.8, 4) is 0 Å². The lowest BCUT2D eigenvalue weighted by molar-refractivity contribution is -0.123. The quantitative estimate of drug-likeness (QED) is 0.565. The van der Waals surface area contributed by atoms with Gasteiger partial charge in [0.1, 0.15) is 0 Å². The monoisotopic (exact) mass is 271 g/mol. The minimum absolute atomic E-state index is 0.101. The summed E-state index contributed by atoms with van der Waals surface area (Å²) in [5.41, 5.74) is 0. The van der Waals surface area contributed by atoms with E-state index in [0.29, 0.717) is 0 Å². The summed E-state index contributed by atoms with van der Waals surface area (Å²) < 4.78 is 0. The zero-order valence-electron chi connectivity index (χ0n) is 13.5. The van der Waals surface area contributed by atoms with Crippen molar-refractivity contribution in [1.29, 1.82) is 0 Å². The van der Waals surface area contributed by atoms with Gasteiger partial charge in [0, 0.05) is 6.04 Å². The predicted octanol–water partition coefficient (Wildman–Crippen LogP) is 2.00. The summed E-state index contributed by atoms with van der Waals surface area (Å²) in [6, 6.07) is 0.174.